The lowest BCUT2D eigenvalue weighted by atomic mass is 10.1. The van der Waals surface area contributed by atoms with Crippen LogP contribution in [0.25, 0.3) is 0 Å². The summed E-state index contributed by atoms with van der Waals surface area (Å²) in [5.74, 6) is 1.46. The molecule has 3 aromatic rings. The standard InChI is InChI=1S/C20H17Cl3N4OS/c1-12(26-27-19-16(22)9-15(21)10-17(19)23)13-4-5-18(28-2)14(8-13)11-29-20-24-6-3-7-25-20/h3-10,27H,11H2,1-2H3/b26-12+. The molecule has 150 valence electrons. The van der Waals surface area contributed by atoms with Gasteiger partial charge in [0.25, 0.3) is 0 Å². The highest BCUT2D eigenvalue weighted by atomic mass is 35.5. The van der Waals surface area contributed by atoms with Gasteiger partial charge in [0.1, 0.15) is 5.75 Å². The van der Waals surface area contributed by atoms with E-state index in [1.807, 2.05) is 25.1 Å². The van der Waals surface area contributed by atoms with Gasteiger partial charge in [-0.25, -0.2) is 9.97 Å². The molecule has 0 saturated heterocycles. The first-order valence-electron chi connectivity index (χ1n) is 8.50. The minimum Gasteiger partial charge on any atom is -0.496 e. The van der Waals surface area contributed by atoms with E-state index in [-0.39, 0.29) is 0 Å². The fraction of sp³-hybridized carbons (Fsp3) is 0.150. The second-order valence-electron chi connectivity index (χ2n) is 5.90. The fourth-order valence-corrected chi connectivity index (χ4v) is 4.15. The SMILES string of the molecule is COc1ccc(/C(C)=N/Nc2c(Cl)cc(Cl)cc2Cl)cc1CSc1ncccn1. The molecule has 2 aromatic carbocycles. The summed E-state index contributed by atoms with van der Waals surface area (Å²) < 4.78 is 5.48. The summed E-state index contributed by atoms with van der Waals surface area (Å²) in [6, 6.07) is 10.9. The van der Waals surface area contributed by atoms with Gasteiger partial charge < -0.3 is 4.74 Å². The van der Waals surface area contributed by atoms with Gasteiger partial charge >= 0.3 is 0 Å². The number of rotatable bonds is 7. The van der Waals surface area contributed by atoms with E-state index in [2.05, 4.69) is 20.5 Å². The van der Waals surface area contributed by atoms with Gasteiger partial charge in [-0.3, -0.25) is 5.43 Å². The smallest absolute Gasteiger partial charge is 0.187 e. The number of anilines is 1. The van der Waals surface area contributed by atoms with Crippen molar-refractivity contribution in [2.75, 3.05) is 12.5 Å². The van der Waals surface area contributed by atoms with Crippen LogP contribution in [0, 0.1) is 0 Å². The van der Waals surface area contributed by atoms with Crippen molar-refractivity contribution in [3.05, 3.63) is 75.0 Å². The maximum absolute atomic E-state index is 6.20. The van der Waals surface area contributed by atoms with Gasteiger partial charge in [-0.15, -0.1) is 0 Å². The van der Waals surface area contributed by atoms with Crippen LogP contribution in [0.3, 0.4) is 0 Å². The van der Waals surface area contributed by atoms with E-state index in [1.165, 1.54) is 11.8 Å². The Balaban J connectivity index is 1.80. The largest absolute Gasteiger partial charge is 0.496 e. The Bertz CT molecular complexity index is 1010. The van der Waals surface area contributed by atoms with E-state index in [0.717, 1.165) is 22.6 Å². The minimum atomic E-state index is 0.397. The molecule has 0 bridgehead atoms. The number of thioether (sulfide) groups is 1. The summed E-state index contributed by atoms with van der Waals surface area (Å²) in [6.07, 6.45) is 3.44. The van der Waals surface area contributed by atoms with Crippen molar-refractivity contribution in [1.29, 1.82) is 0 Å². The lowest BCUT2D eigenvalue weighted by Gasteiger charge is -2.11. The molecule has 0 fully saturated rings. The fourth-order valence-electron chi connectivity index (χ4n) is 2.47. The molecule has 29 heavy (non-hydrogen) atoms. The van der Waals surface area contributed by atoms with Crippen LogP contribution in [-0.2, 0) is 5.75 Å². The lowest BCUT2D eigenvalue weighted by Crippen LogP contribution is -2.02. The van der Waals surface area contributed by atoms with Crippen LogP contribution in [0.15, 0.2) is 59.0 Å². The van der Waals surface area contributed by atoms with E-state index in [9.17, 15) is 0 Å². The Hall–Kier alpha value is -1.99. The highest BCUT2D eigenvalue weighted by Gasteiger charge is 2.10. The molecule has 0 radical (unpaired) electrons. The van der Waals surface area contributed by atoms with Crippen molar-refractivity contribution < 1.29 is 4.74 Å². The van der Waals surface area contributed by atoms with Crippen molar-refractivity contribution in [2.45, 2.75) is 17.8 Å². The van der Waals surface area contributed by atoms with Crippen LogP contribution in [-0.4, -0.2) is 22.8 Å². The Morgan fingerprint density at radius 3 is 2.45 bits per heavy atom. The number of hydrogen-bond acceptors (Lipinski definition) is 6. The first-order chi connectivity index (χ1) is 14.0. The van der Waals surface area contributed by atoms with Crippen molar-refractivity contribution in [2.24, 2.45) is 5.10 Å². The maximum atomic E-state index is 6.20. The van der Waals surface area contributed by atoms with Gasteiger partial charge in [0.05, 0.1) is 28.6 Å². The van der Waals surface area contributed by atoms with E-state index < -0.39 is 0 Å². The number of hydrogen-bond donors (Lipinski definition) is 1. The minimum absolute atomic E-state index is 0.397. The van der Waals surface area contributed by atoms with Crippen LogP contribution < -0.4 is 10.2 Å². The lowest BCUT2D eigenvalue weighted by molar-refractivity contribution is 0.411. The third kappa shape index (κ3) is 5.76. The third-order valence-electron chi connectivity index (χ3n) is 3.94. The van der Waals surface area contributed by atoms with Crippen LogP contribution in [0.1, 0.15) is 18.1 Å². The predicted molar refractivity (Wildman–Crippen MR) is 122 cm³/mol. The molecule has 1 N–H and O–H groups in total. The summed E-state index contributed by atoms with van der Waals surface area (Å²) >= 11 is 19.9. The maximum Gasteiger partial charge on any atom is 0.187 e. The number of aromatic nitrogens is 2. The average molecular weight is 468 g/mol. The molecule has 0 aliphatic heterocycles. The first kappa shape index (κ1) is 21.7. The number of benzene rings is 2. The molecule has 9 heteroatoms. The van der Waals surface area contributed by atoms with Crippen molar-refractivity contribution in [1.82, 2.24) is 9.97 Å². The topological polar surface area (TPSA) is 59.4 Å². The van der Waals surface area contributed by atoms with Gasteiger partial charge in [-0.2, -0.15) is 5.10 Å². The van der Waals surface area contributed by atoms with E-state index in [4.69, 9.17) is 39.5 Å². The van der Waals surface area contributed by atoms with Crippen molar-refractivity contribution in [3.63, 3.8) is 0 Å². The number of nitrogens with one attached hydrogen (secondary N) is 1. The summed E-state index contributed by atoms with van der Waals surface area (Å²) in [5, 5.41) is 6.38. The zero-order valence-corrected chi connectivity index (χ0v) is 18.7. The van der Waals surface area contributed by atoms with Crippen LogP contribution >= 0.6 is 46.6 Å². The second-order valence-corrected chi connectivity index (χ2v) is 8.09. The first-order valence-corrected chi connectivity index (χ1v) is 10.6. The van der Waals surface area contributed by atoms with Gasteiger partial charge in [0.2, 0.25) is 0 Å². The number of methoxy groups -OCH3 is 1. The summed E-state index contributed by atoms with van der Waals surface area (Å²) in [4.78, 5) is 8.47. The Morgan fingerprint density at radius 2 is 1.79 bits per heavy atom. The highest BCUT2D eigenvalue weighted by molar-refractivity contribution is 7.98. The van der Waals surface area contributed by atoms with Gasteiger partial charge in [0, 0.05) is 28.7 Å². The molecule has 0 atom stereocenters. The number of ether oxygens (including phenoxy) is 1. The molecule has 1 aromatic heterocycles. The molecule has 5 nitrogen and oxygen atoms in total. The summed E-state index contributed by atoms with van der Waals surface area (Å²) in [7, 11) is 1.65. The van der Waals surface area contributed by atoms with Gasteiger partial charge in [-0.1, -0.05) is 46.6 Å². The Kier molecular flexibility index (Phi) is 7.61. The molecule has 0 unspecified atom stereocenters. The number of hydrazone groups is 1. The van der Waals surface area contributed by atoms with Crippen LogP contribution in [0.4, 0.5) is 5.69 Å². The number of halogens is 3. The number of nitrogens with zero attached hydrogens (tertiary/aromatic N) is 3. The zero-order valence-electron chi connectivity index (χ0n) is 15.6. The third-order valence-corrected chi connectivity index (χ3v) is 5.68. The van der Waals surface area contributed by atoms with Crippen LogP contribution in [0.2, 0.25) is 15.1 Å². The van der Waals surface area contributed by atoms with Gasteiger partial charge in [0.15, 0.2) is 5.16 Å². The quantitative estimate of drug-likeness (QED) is 0.184. The zero-order chi connectivity index (χ0) is 20.8. The summed E-state index contributed by atoms with van der Waals surface area (Å²) in [5.41, 5.74) is 6.13. The molecule has 0 amide bonds. The molecular weight excluding hydrogens is 451 g/mol. The summed E-state index contributed by atoms with van der Waals surface area (Å²) in [6.45, 7) is 1.89. The Labute approximate surface area is 188 Å². The molecule has 1 heterocycles. The molecule has 0 aliphatic carbocycles. The molecule has 0 saturated carbocycles. The second kappa shape index (κ2) is 10.2. The molecule has 0 aliphatic rings. The average Bonchev–Trinajstić information content (AvgIpc) is 2.71. The van der Waals surface area contributed by atoms with Crippen LogP contribution in [0.5, 0.6) is 5.75 Å². The predicted octanol–water partition coefficient (Wildman–Crippen LogP) is 6.57. The molecule has 0 spiro atoms. The van der Waals surface area contributed by atoms with Crippen molar-refractivity contribution in [3.8, 4) is 5.75 Å². The monoisotopic (exact) mass is 466 g/mol. The van der Waals surface area contributed by atoms with E-state index in [1.54, 1.807) is 37.7 Å². The van der Waals surface area contributed by atoms with Gasteiger partial charge in [-0.05, 0) is 48.9 Å². The van der Waals surface area contributed by atoms with E-state index in [0.29, 0.717) is 31.7 Å². The molecular formula is C20H17Cl3N4OS. The highest BCUT2D eigenvalue weighted by Crippen LogP contribution is 2.34. The van der Waals surface area contributed by atoms with Crippen molar-refractivity contribution >= 4 is 58.0 Å². The molecule has 3 rings (SSSR count). The normalized spacial score (nSPS) is 11.4. The van der Waals surface area contributed by atoms with E-state index >= 15 is 0 Å². The Morgan fingerprint density at radius 1 is 1.10 bits per heavy atom.